The predicted octanol–water partition coefficient (Wildman–Crippen LogP) is 3.71. The van der Waals surface area contributed by atoms with Crippen molar-refractivity contribution in [2.75, 3.05) is 50.7 Å². The van der Waals surface area contributed by atoms with E-state index in [-0.39, 0.29) is 12.0 Å². The summed E-state index contributed by atoms with van der Waals surface area (Å²) in [5, 5.41) is 25.2. The molecule has 3 heterocycles. The highest BCUT2D eigenvalue weighted by Gasteiger charge is 2.26. The number of aromatic nitrogens is 1. The van der Waals surface area contributed by atoms with E-state index in [2.05, 4.69) is 20.4 Å². The zero-order valence-electron chi connectivity index (χ0n) is 22.9. The largest absolute Gasteiger partial charge is 0.465 e. The zero-order chi connectivity index (χ0) is 27.2. The van der Waals surface area contributed by atoms with Gasteiger partial charge in [0.15, 0.2) is 0 Å². The van der Waals surface area contributed by atoms with Crippen LogP contribution in [0.4, 0.5) is 10.6 Å². The second-order valence-electron chi connectivity index (χ2n) is 11.8. The van der Waals surface area contributed by atoms with Crippen molar-refractivity contribution in [3.05, 3.63) is 35.9 Å². The van der Waals surface area contributed by atoms with Gasteiger partial charge >= 0.3 is 6.09 Å². The van der Waals surface area contributed by atoms with Gasteiger partial charge in [0.05, 0.1) is 17.2 Å². The van der Waals surface area contributed by atoms with Crippen molar-refractivity contribution in [2.24, 2.45) is 17.8 Å². The Bertz CT molecular complexity index is 1130. The normalized spacial score (nSPS) is 24.6. The highest BCUT2D eigenvalue weighted by Crippen LogP contribution is 2.30. The quantitative estimate of drug-likeness (QED) is 0.385. The van der Waals surface area contributed by atoms with Crippen molar-refractivity contribution in [2.45, 2.75) is 57.5 Å². The number of pyridine rings is 1. The lowest BCUT2D eigenvalue weighted by molar-refractivity contribution is 0.0942. The molecule has 9 nitrogen and oxygen atoms in total. The number of β-amino-alcohol motifs (C(OH)–C–C–N with tert-alkyl or cyclic N) is 1. The van der Waals surface area contributed by atoms with Gasteiger partial charge in [-0.05, 0) is 87.8 Å². The number of nitrogens with zero attached hydrogens (tertiary/aromatic N) is 3. The fraction of sp³-hybridized carbons (Fsp3) is 0.633. The number of carbonyl (C=O) groups is 2. The molecule has 1 aromatic heterocycles. The molecular weight excluding hydrogens is 494 g/mol. The van der Waals surface area contributed by atoms with E-state index in [0.29, 0.717) is 36.4 Å². The Labute approximate surface area is 231 Å². The van der Waals surface area contributed by atoms with Gasteiger partial charge in [0, 0.05) is 44.7 Å². The number of piperidine rings is 1. The van der Waals surface area contributed by atoms with E-state index in [4.69, 9.17) is 10.1 Å². The Kier molecular flexibility index (Phi) is 9.19. The molecule has 4 N–H and O–H groups in total. The number of hydrogen-bond donors (Lipinski definition) is 4. The molecule has 1 saturated carbocycles. The lowest BCUT2D eigenvalue weighted by Gasteiger charge is -2.34. The summed E-state index contributed by atoms with van der Waals surface area (Å²) in [5.74, 6) is 2.33. The number of aliphatic hydroxyl groups excluding tert-OH is 1. The maximum absolute atomic E-state index is 13.4. The van der Waals surface area contributed by atoms with Gasteiger partial charge in [0.2, 0.25) is 0 Å². The number of anilines is 1. The maximum atomic E-state index is 13.4. The number of hydrogen-bond acceptors (Lipinski definition) is 6. The molecule has 2 amide bonds. The number of nitrogens with one attached hydrogen (secondary N) is 2. The third-order valence-electron chi connectivity index (χ3n) is 9.05. The number of likely N-dealkylation sites (tertiary alicyclic amines) is 1. The smallest absolute Gasteiger partial charge is 0.404 e. The van der Waals surface area contributed by atoms with Crippen molar-refractivity contribution in [3.63, 3.8) is 0 Å². The number of amides is 2. The summed E-state index contributed by atoms with van der Waals surface area (Å²) in [7, 11) is 0. The fourth-order valence-electron chi connectivity index (χ4n) is 6.55. The first-order chi connectivity index (χ1) is 18.9. The highest BCUT2D eigenvalue weighted by molar-refractivity contribution is 6.07. The van der Waals surface area contributed by atoms with Crippen LogP contribution in [-0.2, 0) is 0 Å². The Hall–Kier alpha value is -2.91. The Morgan fingerprint density at radius 2 is 1.59 bits per heavy atom. The summed E-state index contributed by atoms with van der Waals surface area (Å²) in [4.78, 5) is 33.8. The number of fused-ring (bicyclic) bond motifs is 1. The topological polar surface area (TPSA) is 118 Å². The minimum absolute atomic E-state index is 0.0489. The van der Waals surface area contributed by atoms with Gasteiger partial charge < -0.3 is 30.6 Å². The molecule has 39 heavy (non-hydrogen) atoms. The molecular formula is C30H43N5O4. The highest BCUT2D eigenvalue weighted by atomic mass is 16.4. The lowest BCUT2D eigenvalue weighted by Crippen LogP contribution is -2.36. The molecule has 1 aliphatic carbocycles. The van der Waals surface area contributed by atoms with Gasteiger partial charge in [-0.3, -0.25) is 4.79 Å². The molecule has 212 valence electrons. The van der Waals surface area contributed by atoms with E-state index in [1.165, 1.54) is 6.42 Å². The molecule has 1 unspecified atom stereocenters. The van der Waals surface area contributed by atoms with E-state index in [0.717, 1.165) is 94.4 Å². The van der Waals surface area contributed by atoms with Crippen LogP contribution in [0.15, 0.2) is 30.3 Å². The predicted molar refractivity (Wildman–Crippen MR) is 152 cm³/mol. The van der Waals surface area contributed by atoms with Crippen LogP contribution >= 0.6 is 0 Å². The van der Waals surface area contributed by atoms with Crippen LogP contribution in [0.3, 0.4) is 0 Å². The Morgan fingerprint density at radius 1 is 0.897 bits per heavy atom. The molecule has 9 heteroatoms. The second kappa shape index (κ2) is 13.0. The minimum Gasteiger partial charge on any atom is -0.465 e. The molecule has 1 atom stereocenters. The third-order valence-corrected chi connectivity index (χ3v) is 9.05. The van der Waals surface area contributed by atoms with Gasteiger partial charge in [-0.2, -0.15) is 0 Å². The summed E-state index contributed by atoms with van der Waals surface area (Å²) in [6.45, 7) is 5.94. The maximum Gasteiger partial charge on any atom is 0.404 e. The molecule has 2 aliphatic heterocycles. The summed E-state index contributed by atoms with van der Waals surface area (Å²) in [6, 6.07) is 9.86. The Morgan fingerprint density at radius 3 is 2.26 bits per heavy atom. The fourth-order valence-corrected chi connectivity index (χ4v) is 6.55. The summed E-state index contributed by atoms with van der Waals surface area (Å²) in [5.41, 5.74) is 1.53. The average Bonchev–Trinajstić information content (AvgIpc) is 3.38. The Balaban J connectivity index is 1.16. The average molecular weight is 538 g/mol. The molecule has 5 rings (SSSR count). The van der Waals surface area contributed by atoms with E-state index < -0.39 is 6.09 Å². The van der Waals surface area contributed by atoms with Crippen molar-refractivity contribution < 1.29 is 19.8 Å². The van der Waals surface area contributed by atoms with E-state index in [9.17, 15) is 14.7 Å². The van der Waals surface area contributed by atoms with Gasteiger partial charge in [0.25, 0.3) is 5.91 Å². The SMILES string of the molecule is O=C(O)NCC1CCC(CNC(=O)c2cc(N3CCC(CCN4CCC(O)C4)CC3)nc3ccccc23)CC1. The van der Waals surface area contributed by atoms with Crippen molar-refractivity contribution in [1.82, 2.24) is 20.5 Å². The molecule has 0 spiro atoms. The van der Waals surface area contributed by atoms with Gasteiger partial charge in [-0.1, -0.05) is 18.2 Å². The van der Waals surface area contributed by atoms with E-state index in [1.807, 2.05) is 30.3 Å². The molecule has 2 saturated heterocycles. The first kappa shape index (κ1) is 27.6. The van der Waals surface area contributed by atoms with Crippen LogP contribution in [0.25, 0.3) is 10.9 Å². The molecule has 2 aromatic rings. The summed E-state index contributed by atoms with van der Waals surface area (Å²) >= 11 is 0. The van der Waals surface area contributed by atoms with Crippen molar-refractivity contribution >= 4 is 28.7 Å². The lowest BCUT2D eigenvalue weighted by atomic mass is 9.82. The summed E-state index contributed by atoms with van der Waals surface area (Å²) < 4.78 is 0. The molecule has 0 radical (unpaired) electrons. The van der Waals surface area contributed by atoms with Crippen LogP contribution in [0, 0.1) is 17.8 Å². The minimum atomic E-state index is -0.961. The molecule has 1 aromatic carbocycles. The number of carboxylic acid groups (broad SMARTS) is 1. The number of rotatable bonds is 9. The van der Waals surface area contributed by atoms with E-state index >= 15 is 0 Å². The van der Waals surface area contributed by atoms with Gasteiger partial charge in [0.1, 0.15) is 5.82 Å². The molecule has 3 aliphatic rings. The number of carbonyl (C=O) groups excluding carboxylic acids is 1. The van der Waals surface area contributed by atoms with Crippen LogP contribution in [0.1, 0.15) is 61.7 Å². The van der Waals surface area contributed by atoms with E-state index in [1.54, 1.807) is 0 Å². The van der Waals surface area contributed by atoms with Gasteiger partial charge in [-0.15, -0.1) is 0 Å². The zero-order valence-corrected chi connectivity index (χ0v) is 22.9. The number of aliphatic hydroxyl groups is 1. The van der Waals surface area contributed by atoms with Crippen LogP contribution in [0.2, 0.25) is 0 Å². The summed E-state index contributed by atoms with van der Waals surface area (Å²) in [6.07, 6.45) is 7.18. The monoisotopic (exact) mass is 537 g/mol. The van der Waals surface area contributed by atoms with Crippen LogP contribution in [-0.4, -0.2) is 84.0 Å². The third kappa shape index (κ3) is 7.39. The molecule has 3 fully saturated rings. The standard InChI is InChI=1S/C30H43N5O4/c36-24-12-14-34(20-24)13-9-21-10-15-35(16-11-21)28-17-26(25-3-1-2-4-27(25)33-28)29(37)31-18-22-5-7-23(8-6-22)19-32-30(38)39/h1-4,17,21-24,32,36H,5-16,18-20H2,(H,31,37)(H,38,39). The second-order valence-corrected chi connectivity index (χ2v) is 11.8. The number of para-hydroxylation sites is 1. The van der Waals surface area contributed by atoms with Crippen molar-refractivity contribution in [3.8, 4) is 0 Å². The first-order valence-corrected chi connectivity index (χ1v) is 14.7. The van der Waals surface area contributed by atoms with Crippen molar-refractivity contribution in [1.29, 1.82) is 0 Å². The van der Waals surface area contributed by atoms with Crippen LogP contribution < -0.4 is 15.5 Å². The molecule has 0 bridgehead atoms. The first-order valence-electron chi connectivity index (χ1n) is 14.7. The van der Waals surface area contributed by atoms with Crippen LogP contribution in [0.5, 0.6) is 0 Å². The van der Waals surface area contributed by atoms with Gasteiger partial charge in [-0.25, -0.2) is 9.78 Å². The number of benzene rings is 1.